The number of aryl methyl sites for hydroxylation is 1. The summed E-state index contributed by atoms with van der Waals surface area (Å²) in [6.07, 6.45) is 0. The van der Waals surface area contributed by atoms with Gasteiger partial charge in [0.25, 0.3) is 11.8 Å². The molecule has 1 saturated heterocycles. The van der Waals surface area contributed by atoms with Gasteiger partial charge in [-0.1, -0.05) is 23.9 Å². The molecule has 2 aromatic heterocycles. The molecule has 0 spiro atoms. The minimum Gasteiger partial charge on any atom is -0.504 e. The predicted molar refractivity (Wildman–Crippen MR) is 186 cm³/mol. The van der Waals surface area contributed by atoms with Crippen LogP contribution in [0.15, 0.2) is 62.0 Å². The number of rotatable bonds is 14. The Bertz CT molecular complexity index is 2360. The first-order chi connectivity index (χ1) is 26.1. The maximum atomic E-state index is 13.9. The number of amides is 3. The maximum Gasteiger partial charge on any atom is 0.352 e. The zero-order chi connectivity index (χ0) is 39.7. The number of aromatic nitrogens is 4. The van der Waals surface area contributed by atoms with E-state index in [4.69, 9.17) is 19.4 Å². The summed E-state index contributed by atoms with van der Waals surface area (Å²) in [6, 6.07) is 4.37. The van der Waals surface area contributed by atoms with Crippen molar-refractivity contribution < 1.29 is 63.5 Å². The van der Waals surface area contributed by atoms with Crippen LogP contribution in [0.4, 0.5) is 0 Å². The van der Waals surface area contributed by atoms with E-state index in [9.17, 15) is 48.9 Å². The number of nitrogens with one attached hydrogen (secondary N) is 2. The van der Waals surface area contributed by atoms with E-state index in [0.29, 0.717) is 5.57 Å². The average molecular weight is 798 g/mol. The maximum absolute atomic E-state index is 13.9. The number of carboxylic acid groups (broad SMARTS) is 3. The third-order valence-corrected chi connectivity index (χ3v) is 10.6. The number of aromatic hydroxyl groups is 2. The first kappa shape index (κ1) is 38.1. The van der Waals surface area contributed by atoms with E-state index in [0.717, 1.165) is 45.2 Å². The molecule has 0 radical (unpaired) electrons. The molecule has 2 aliphatic rings. The number of carbonyl (C=O) groups excluding carboxylic acids is 3. The van der Waals surface area contributed by atoms with Crippen molar-refractivity contribution in [2.24, 2.45) is 0 Å². The SMILES string of the molecule is Cc1oc2cc(O)c(O)cc2c(=O)c1C(=O)NC(C(=O)N[C@H]1C(=O)N2C(C(=O)O)=C(CSc3nnnn3CC(=O)O)CS[C@@H]12)c1ccc(OCC(=O)O)cc1. The quantitative estimate of drug-likeness (QED) is 0.0503. The second-order valence-corrected chi connectivity index (χ2v) is 13.9. The molecule has 4 heterocycles. The Hall–Kier alpha value is -6.62. The fraction of sp³-hybridized carbons (Fsp3) is 0.250. The van der Waals surface area contributed by atoms with Gasteiger partial charge in [0.2, 0.25) is 16.5 Å². The third-order valence-electron chi connectivity index (χ3n) is 8.21. The van der Waals surface area contributed by atoms with Crippen LogP contribution in [-0.4, -0.2) is 116 Å². The smallest absolute Gasteiger partial charge is 0.352 e. The van der Waals surface area contributed by atoms with Crippen molar-refractivity contribution in [2.75, 3.05) is 18.1 Å². The lowest BCUT2D eigenvalue weighted by molar-refractivity contribution is -0.151. The summed E-state index contributed by atoms with van der Waals surface area (Å²) in [5.41, 5.74) is -1.48. The number of β-lactam (4-membered cyclic amide) rings is 1. The van der Waals surface area contributed by atoms with E-state index in [1.54, 1.807) is 0 Å². The van der Waals surface area contributed by atoms with Crippen LogP contribution in [0.1, 0.15) is 27.7 Å². The number of carboxylic acids is 3. The minimum absolute atomic E-state index is 0.00854. The normalized spacial score (nSPS) is 16.9. The third kappa shape index (κ3) is 7.73. The number of phenols is 2. The van der Waals surface area contributed by atoms with Gasteiger partial charge in [0.15, 0.2) is 18.1 Å². The van der Waals surface area contributed by atoms with Crippen molar-refractivity contribution >= 4 is 70.1 Å². The Kier molecular flexibility index (Phi) is 10.7. The first-order valence-electron chi connectivity index (χ1n) is 15.7. The Morgan fingerprint density at radius 2 is 1.76 bits per heavy atom. The number of thioether (sulfide) groups is 2. The number of aliphatic carboxylic acids is 3. The molecule has 3 amide bonds. The van der Waals surface area contributed by atoms with Crippen molar-refractivity contribution in [1.82, 2.24) is 35.7 Å². The predicted octanol–water partition coefficient (Wildman–Crippen LogP) is 0.0491. The molecule has 7 N–H and O–H groups in total. The monoisotopic (exact) mass is 797 g/mol. The number of phenolic OH excluding ortho intramolecular Hbond substituents is 2. The second-order valence-electron chi connectivity index (χ2n) is 11.8. The molecule has 286 valence electrons. The van der Waals surface area contributed by atoms with E-state index in [1.807, 2.05) is 0 Å². The molecular formula is C32H27N7O14S2. The summed E-state index contributed by atoms with van der Waals surface area (Å²) in [7, 11) is 0. The Morgan fingerprint density at radius 1 is 1.05 bits per heavy atom. The fourth-order valence-electron chi connectivity index (χ4n) is 5.71. The van der Waals surface area contributed by atoms with E-state index in [-0.39, 0.29) is 50.4 Å². The molecule has 1 fully saturated rings. The number of hydrogen-bond acceptors (Lipinski definition) is 16. The minimum atomic E-state index is -1.60. The van der Waals surface area contributed by atoms with E-state index in [1.165, 1.54) is 31.2 Å². The average Bonchev–Trinajstić information content (AvgIpc) is 3.57. The molecule has 0 bridgehead atoms. The Labute approximate surface area is 314 Å². The molecule has 6 rings (SSSR count). The van der Waals surface area contributed by atoms with Gasteiger partial charge in [-0.3, -0.25) is 28.9 Å². The fourth-order valence-corrected chi connectivity index (χ4v) is 8.07. The van der Waals surface area contributed by atoms with Gasteiger partial charge < -0.3 is 45.3 Å². The topological polar surface area (TPSA) is 314 Å². The molecule has 55 heavy (non-hydrogen) atoms. The van der Waals surface area contributed by atoms with Crippen LogP contribution in [0.2, 0.25) is 0 Å². The molecule has 3 atom stereocenters. The molecule has 0 saturated carbocycles. The van der Waals surface area contributed by atoms with Gasteiger partial charge in [-0.15, -0.1) is 16.9 Å². The van der Waals surface area contributed by atoms with Crippen molar-refractivity contribution in [2.45, 2.75) is 36.1 Å². The van der Waals surface area contributed by atoms with Gasteiger partial charge in [-0.05, 0) is 46.7 Å². The lowest BCUT2D eigenvalue weighted by atomic mass is 10.0. The van der Waals surface area contributed by atoms with Gasteiger partial charge in [-0.25, -0.2) is 14.3 Å². The number of nitrogens with zero attached hydrogens (tertiary/aromatic N) is 5. The second kappa shape index (κ2) is 15.4. The number of carbonyl (C=O) groups is 6. The van der Waals surface area contributed by atoms with Crippen LogP contribution in [-0.2, 0) is 30.5 Å². The number of hydrogen-bond donors (Lipinski definition) is 7. The van der Waals surface area contributed by atoms with Crippen LogP contribution in [0.5, 0.6) is 17.2 Å². The Morgan fingerprint density at radius 3 is 2.44 bits per heavy atom. The highest BCUT2D eigenvalue weighted by molar-refractivity contribution is 8.01. The molecule has 21 nitrogen and oxygen atoms in total. The van der Waals surface area contributed by atoms with Crippen LogP contribution >= 0.6 is 23.5 Å². The molecular weight excluding hydrogens is 771 g/mol. The van der Waals surface area contributed by atoms with E-state index < -0.39 is 88.7 Å². The Balaban J connectivity index is 1.25. The summed E-state index contributed by atoms with van der Waals surface area (Å²) < 4.78 is 11.7. The van der Waals surface area contributed by atoms with Crippen molar-refractivity contribution in [3.8, 4) is 17.2 Å². The number of ether oxygens (including phenoxy) is 1. The summed E-state index contributed by atoms with van der Waals surface area (Å²) in [6.45, 7) is 0.0994. The highest BCUT2D eigenvalue weighted by atomic mass is 32.2. The summed E-state index contributed by atoms with van der Waals surface area (Å²) in [5, 5.41) is 62.7. The van der Waals surface area contributed by atoms with Crippen molar-refractivity contribution in [3.05, 3.63) is 74.8 Å². The lowest BCUT2D eigenvalue weighted by Gasteiger charge is -2.49. The number of benzene rings is 2. The van der Waals surface area contributed by atoms with Crippen molar-refractivity contribution in [1.29, 1.82) is 0 Å². The molecule has 1 unspecified atom stereocenters. The molecule has 2 aromatic carbocycles. The first-order valence-corrected chi connectivity index (χ1v) is 17.7. The highest BCUT2D eigenvalue weighted by Crippen LogP contribution is 2.42. The molecule has 2 aliphatic heterocycles. The molecule has 0 aliphatic carbocycles. The summed E-state index contributed by atoms with van der Waals surface area (Å²) >= 11 is 2.11. The summed E-state index contributed by atoms with van der Waals surface area (Å²) in [5.74, 6) is -7.90. The van der Waals surface area contributed by atoms with E-state index in [2.05, 4.69) is 26.2 Å². The van der Waals surface area contributed by atoms with Crippen LogP contribution in [0, 0.1) is 6.92 Å². The molecule has 23 heteroatoms. The van der Waals surface area contributed by atoms with Crippen LogP contribution in [0.3, 0.4) is 0 Å². The van der Waals surface area contributed by atoms with Crippen LogP contribution < -0.4 is 20.8 Å². The largest absolute Gasteiger partial charge is 0.504 e. The van der Waals surface area contributed by atoms with E-state index >= 15 is 0 Å². The van der Waals surface area contributed by atoms with Gasteiger partial charge in [0.05, 0.1) is 5.39 Å². The zero-order valence-corrected chi connectivity index (χ0v) is 29.6. The number of fused-ring (bicyclic) bond motifs is 2. The van der Waals surface area contributed by atoms with Gasteiger partial charge in [0.1, 0.15) is 52.4 Å². The highest BCUT2D eigenvalue weighted by Gasteiger charge is 2.54. The van der Waals surface area contributed by atoms with Gasteiger partial charge >= 0.3 is 17.9 Å². The van der Waals surface area contributed by atoms with Crippen LogP contribution in [0.25, 0.3) is 11.0 Å². The van der Waals surface area contributed by atoms with Crippen molar-refractivity contribution in [3.63, 3.8) is 0 Å². The van der Waals surface area contributed by atoms with Gasteiger partial charge in [0, 0.05) is 17.6 Å². The zero-order valence-electron chi connectivity index (χ0n) is 28.0. The molecule has 4 aromatic rings. The lowest BCUT2D eigenvalue weighted by Crippen LogP contribution is -2.71. The standard InChI is InChI=1S/C32H27N7O14S2/c1-12-22(26(46)16-6-17(40)18(41)7-19(16)53-12)27(47)33-23(13-2-4-15(5-3-13)52-9-21(44)45)28(48)34-24-29(49)39-25(31(50)51)14(10-54-30(24)39)11-55-32-35-36-37-38(32)8-20(42)43/h2-7,23-24,30,40-41H,8-11H2,1H3,(H,33,47)(H,34,48)(H,42,43)(H,44,45)(H,50,51)/t23?,24-,30-/m0/s1. The summed E-state index contributed by atoms with van der Waals surface area (Å²) in [4.78, 5) is 90.0. The number of tetrazole rings is 1. The van der Waals surface area contributed by atoms with Gasteiger partial charge in [-0.2, -0.15) is 0 Å².